The van der Waals surface area contributed by atoms with Crippen molar-refractivity contribution < 1.29 is 14.3 Å². The van der Waals surface area contributed by atoms with Crippen molar-refractivity contribution in [3.63, 3.8) is 0 Å². The predicted octanol–water partition coefficient (Wildman–Crippen LogP) is 4.14. The largest absolute Gasteiger partial charge is 0.453 e. The molecule has 1 saturated heterocycles. The van der Waals surface area contributed by atoms with Crippen LogP contribution in [0, 0.1) is 11.8 Å². The van der Waals surface area contributed by atoms with Gasteiger partial charge in [0, 0.05) is 6.42 Å². The quantitative estimate of drug-likeness (QED) is 0.787. The van der Waals surface area contributed by atoms with Crippen LogP contribution in [0.2, 0.25) is 0 Å². The van der Waals surface area contributed by atoms with Crippen LogP contribution in [0.15, 0.2) is 18.2 Å². The predicted molar refractivity (Wildman–Crippen MR) is 111 cm³/mol. The first-order valence-corrected chi connectivity index (χ1v) is 11.0. The molecule has 2 aromatic rings. The molecule has 0 spiro atoms. The van der Waals surface area contributed by atoms with Crippen LogP contribution < -0.4 is 10.6 Å². The van der Waals surface area contributed by atoms with Crippen molar-refractivity contribution in [1.82, 2.24) is 10.3 Å². The first-order chi connectivity index (χ1) is 13.6. The van der Waals surface area contributed by atoms with Gasteiger partial charge in [-0.25, -0.2) is 9.78 Å². The van der Waals surface area contributed by atoms with Crippen molar-refractivity contribution in [2.24, 2.45) is 11.8 Å². The van der Waals surface area contributed by atoms with E-state index in [9.17, 15) is 9.59 Å². The van der Waals surface area contributed by atoms with Crippen LogP contribution in [0.25, 0.3) is 10.2 Å². The highest BCUT2D eigenvalue weighted by atomic mass is 32.1. The van der Waals surface area contributed by atoms with Gasteiger partial charge in [-0.1, -0.05) is 49.5 Å². The maximum Gasteiger partial charge on any atom is 0.413 e. The molecule has 0 bridgehead atoms. The average molecular weight is 402 g/mol. The molecule has 2 aliphatic rings. The fraction of sp³-hybridized carbons (Fsp3) is 0.571. The molecule has 2 fully saturated rings. The number of thiazole rings is 1. The smallest absolute Gasteiger partial charge is 0.413 e. The van der Waals surface area contributed by atoms with Gasteiger partial charge >= 0.3 is 6.09 Å². The number of ketones is 1. The van der Waals surface area contributed by atoms with E-state index >= 15 is 0 Å². The number of hydrogen-bond acceptors (Lipinski definition) is 6. The fourth-order valence-corrected chi connectivity index (χ4v) is 5.64. The topological polar surface area (TPSA) is 80.3 Å². The monoisotopic (exact) mass is 401 g/mol. The summed E-state index contributed by atoms with van der Waals surface area (Å²) >= 11 is 1.39. The van der Waals surface area contributed by atoms with Crippen LogP contribution in [-0.2, 0) is 16.0 Å². The average Bonchev–Trinajstić information content (AvgIpc) is 3.34. The Morgan fingerprint density at radius 3 is 2.86 bits per heavy atom. The molecule has 2 N–H and O–H groups in total. The molecule has 4 rings (SSSR count). The van der Waals surface area contributed by atoms with E-state index in [0.29, 0.717) is 29.2 Å². The van der Waals surface area contributed by atoms with Gasteiger partial charge in [0.25, 0.3) is 0 Å². The number of anilines is 1. The Hall–Kier alpha value is -1.99. The highest BCUT2D eigenvalue weighted by Crippen LogP contribution is 2.36. The summed E-state index contributed by atoms with van der Waals surface area (Å²) in [6, 6.07) is 5.89. The molecule has 7 heteroatoms. The van der Waals surface area contributed by atoms with Gasteiger partial charge in [-0.2, -0.15) is 0 Å². The molecule has 6 nitrogen and oxygen atoms in total. The number of carbonyl (C=O) groups is 2. The Morgan fingerprint density at radius 1 is 1.25 bits per heavy atom. The molecule has 28 heavy (non-hydrogen) atoms. The summed E-state index contributed by atoms with van der Waals surface area (Å²) in [5, 5.41) is 6.57. The minimum atomic E-state index is -0.532. The zero-order valence-electron chi connectivity index (χ0n) is 16.2. The molecule has 150 valence electrons. The standard InChI is InChI=1S/C21H27N3O3S/c1-27-21(26)24-20-23-16-8-7-13(12-18(16)28-20)11-17(25)19-15(9-10-22-19)14-5-3-2-4-6-14/h7-8,12,14-15,19,22H,2-6,9-11H2,1H3,(H,23,24,26)/t15-,19-/m0/s1. The van der Waals surface area contributed by atoms with E-state index in [4.69, 9.17) is 0 Å². The lowest BCUT2D eigenvalue weighted by molar-refractivity contribution is -0.121. The van der Waals surface area contributed by atoms with Crippen LogP contribution in [0.5, 0.6) is 0 Å². The Bertz CT molecular complexity index is 860. The zero-order chi connectivity index (χ0) is 19.5. The number of Topliss-reactive ketones (excluding diaryl/α,β-unsaturated/α-hetero) is 1. The third kappa shape index (κ3) is 4.20. The Labute approximate surface area is 169 Å². The highest BCUT2D eigenvalue weighted by molar-refractivity contribution is 7.22. The second-order valence-corrected chi connectivity index (χ2v) is 8.89. The summed E-state index contributed by atoms with van der Waals surface area (Å²) in [5.74, 6) is 1.49. The molecule has 1 amide bonds. The van der Waals surface area contributed by atoms with E-state index in [1.807, 2.05) is 18.2 Å². The number of aromatic nitrogens is 1. The number of carbonyl (C=O) groups excluding carboxylic acids is 2. The van der Waals surface area contributed by atoms with Crippen LogP contribution in [0.1, 0.15) is 44.1 Å². The number of hydrogen-bond donors (Lipinski definition) is 2. The number of fused-ring (bicyclic) bond motifs is 1. The summed E-state index contributed by atoms with van der Waals surface area (Å²) in [6.07, 6.45) is 7.55. The lowest BCUT2D eigenvalue weighted by atomic mass is 9.75. The van der Waals surface area contributed by atoms with Crippen molar-refractivity contribution in [3.8, 4) is 0 Å². The third-order valence-electron chi connectivity index (χ3n) is 6.10. The van der Waals surface area contributed by atoms with E-state index in [-0.39, 0.29) is 6.04 Å². The second-order valence-electron chi connectivity index (χ2n) is 7.86. The molecular weight excluding hydrogens is 374 g/mol. The molecule has 1 saturated carbocycles. The molecule has 2 atom stereocenters. The van der Waals surface area contributed by atoms with E-state index in [1.54, 1.807) is 0 Å². The molecular formula is C21H27N3O3S. The van der Waals surface area contributed by atoms with Gasteiger partial charge in [-0.15, -0.1) is 0 Å². The third-order valence-corrected chi connectivity index (χ3v) is 7.03. The van der Waals surface area contributed by atoms with E-state index in [1.165, 1.54) is 50.6 Å². The minimum Gasteiger partial charge on any atom is -0.453 e. The van der Waals surface area contributed by atoms with Crippen molar-refractivity contribution >= 4 is 38.6 Å². The minimum absolute atomic E-state index is 0.00295. The molecule has 1 aliphatic heterocycles. The number of nitrogens with one attached hydrogen (secondary N) is 2. The molecule has 0 unspecified atom stereocenters. The van der Waals surface area contributed by atoms with Gasteiger partial charge in [0.05, 0.1) is 23.4 Å². The lowest BCUT2D eigenvalue weighted by Gasteiger charge is -2.30. The van der Waals surface area contributed by atoms with Crippen LogP contribution in [-0.4, -0.2) is 36.6 Å². The van der Waals surface area contributed by atoms with Gasteiger partial charge in [0.1, 0.15) is 0 Å². The number of ether oxygens (including phenoxy) is 1. The normalized spacial score (nSPS) is 23.0. The summed E-state index contributed by atoms with van der Waals surface area (Å²) in [7, 11) is 1.32. The lowest BCUT2D eigenvalue weighted by Crippen LogP contribution is -2.40. The number of amides is 1. The first kappa shape index (κ1) is 19.3. The van der Waals surface area contributed by atoms with Gasteiger partial charge in [-0.3, -0.25) is 10.1 Å². The maximum atomic E-state index is 13.0. The summed E-state index contributed by atoms with van der Waals surface area (Å²) in [6.45, 7) is 0.952. The molecule has 0 radical (unpaired) electrons. The van der Waals surface area contributed by atoms with Crippen molar-refractivity contribution in [1.29, 1.82) is 0 Å². The zero-order valence-corrected chi connectivity index (χ0v) is 17.0. The van der Waals surface area contributed by atoms with Crippen LogP contribution in [0.3, 0.4) is 0 Å². The van der Waals surface area contributed by atoms with Gasteiger partial charge in [0.2, 0.25) is 0 Å². The Kier molecular flexibility index (Phi) is 5.92. The molecule has 1 aromatic heterocycles. The number of benzene rings is 1. The van der Waals surface area contributed by atoms with E-state index in [2.05, 4.69) is 20.4 Å². The van der Waals surface area contributed by atoms with Crippen LogP contribution in [0.4, 0.5) is 9.93 Å². The fourth-order valence-electron chi connectivity index (χ4n) is 4.73. The maximum absolute atomic E-state index is 13.0. The summed E-state index contributed by atoms with van der Waals surface area (Å²) in [4.78, 5) is 28.8. The number of nitrogens with zero attached hydrogens (tertiary/aromatic N) is 1. The number of rotatable bonds is 5. The Balaban J connectivity index is 1.44. The summed E-state index contributed by atoms with van der Waals surface area (Å²) < 4.78 is 5.57. The van der Waals surface area contributed by atoms with Gasteiger partial charge in [-0.05, 0) is 42.5 Å². The second kappa shape index (κ2) is 8.57. The van der Waals surface area contributed by atoms with Crippen molar-refractivity contribution in [2.75, 3.05) is 19.0 Å². The molecule has 1 aliphatic carbocycles. The van der Waals surface area contributed by atoms with Crippen molar-refractivity contribution in [2.45, 2.75) is 51.0 Å². The molecule has 2 heterocycles. The van der Waals surface area contributed by atoms with E-state index in [0.717, 1.165) is 28.7 Å². The SMILES string of the molecule is COC(=O)Nc1nc2ccc(CC(=O)[C@H]3NCC[C@H]3C3CCCCC3)cc2s1. The number of methoxy groups -OCH3 is 1. The molecule has 1 aromatic carbocycles. The van der Waals surface area contributed by atoms with Crippen molar-refractivity contribution in [3.05, 3.63) is 23.8 Å². The van der Waals surface area contributed by atoms with Gasteiger partial charge < -0.3 is 10.1 Å². The first-order valence-electron chi connectivity index (χ1n) is 10.1. The Morgan fingerprint density at radius 2 is 2.07 bits per heavy atom. The highest BCUT2D eigenvalue weighted by Gasteiger charge is 2.37. The van der Waals surface area contributed by atoms with E-state index < -0.39 is 6.09 Å². The summed E-state index contributed by atoms with van der Waals surface area (Å²) in [5.41, 5.74) is 1.81. The van der Waals surface area contributed by atoms with Gasteiger partial charge in [0.15, 0.2) is 10.9 Å². The van der Waals surface area contributed by atoms with Crippen LogP contribution >= 0.6 is 11.3 Å².